The van der Waals surface area contributed by atoms with E-state index < -0.39 is 5.82 Å². The van der Waals surface area contributed by atoms with Crippen LogP contribution in [-0.4, -0.2) is 25.2 Å². The molecule has 0 unspecified atom stereocenters. The minimum Gasteiger partial charge on any atom is -0.398 e. The Kier molecular flexibility index (Phi) is 2.55. The third-order valence-electron chi connectivity index (χ3n) is 2.23. The predicted octanol–water partition coefficient (Wildman–Crippen LogP) is 0.536. The van der Waals surface area contributed by atoms with E-state index in [9.17, 15) is 9.18 Å². The van der Waals surface area contributed by atoms with Gasteiger partial charge in [-0.1, -0.05) is 0 Å². The van der Waals surface area contributed by atoms with Gasteiger partial charge < -0.3 is 15.8 Å². The number of amides is 1. The summed E-state index contributed by atoms with van der Waals surface area (Å²) in [7, 11) is 0. The molecule has 0 radical (unpaired) electrons. The molecule has 1 aliphatic rings. The Hall–Kier alpha value is -1.62. The minimum atomic E-state index is -0.473. The number of carbonyl (C=O) groups excluding carboxylic acids is 1. The van der Waals surface area contributed by atoms with Crippen LogP contribution in [0, 0.1) is 5.82 Å². The van der Waals surface area contributed by atoms with E-state index in [4.69, 9.17) is 10.5 Å². The number of carbonyl (C=O) groups is 1. The van der Waals surface area contributed by atoms with Crippen molar-refractivity contribution >= 4 is 11.6 Å². The number of rotatable bonds is 2. The number of benzene rings is 1. The first-order chi connectivity index (χ1) is 7.16. The number of nitrogens with two attached hydrogens (primary N) is 1. The molecule has 5 heteroatoms. The van der Waals surface area contributed by atoms with Gasteiger partial charge in [-0.3, -0.25) is 4.79 Å². The summed E-state index contributed by atoms with van der Waals surface area (Å²) in [6.07, 6.45) is 0. The van der Waals surface area contributed by atoms with Crippen molar-refractivity contribution in [3.05, 3.63) is 29.6 Å². The summed E-state index contributed by atoms with van der Waals surface area (Å²) < 4.78 is 17.8. The van der Waals surface area contributed by atoms with E-state index in [0.29, 0.717) is 13.2 Å². The van der Waals surface area contributed by atoms with Crippen LogP contribution < -0.4 is 11.1 Å². The highest BCUT2D eigenvalue weighted by molar-refractivity contribution is 5.99. The molecule has 3 N–H and O–H groups in total. The van der Waals surface area contributed by atoms with Crippen molar-refractivity contribution in [3.8, 4) is 0 Å². The molecule has 0 aliphatic carbocycles. The fourth-order valence-electron chi connectivity index (χ4n) is 1.31. The predicted molar refractivity (Wildman–Crippen MR) is 52.9 cm³/mol. The largest absolute Gasteiger partial charge is 0.398 e. The van der Waals surface area contributed by atoms with Gasteiger partial charge in [-0.05, 0) is 18.2 Å². The van der Waals surface area contributed by atoms with Gasteiger partial charge in [0.25, 0.3) is 5.91 Å². The Morgan fingerprint density at radius 1 is 1.53 bits per heavy atom. The third kappa shape index (κ3) is 2.07. The number of nitrogens with one attached hydrogen (secondary N) is 1. The summed E-state index contributed by atoms with van der Waals surface area (Å²) in [6, 6.07) is 3.74. The van der Waals surface area contributed by atoms with Gasteiger partial charge in [0.15, 0.2) is 0 Å². The van der Waals surface area contributed by atoms with E-state index in [1.54, 1.807) is 0 Å². The van der Waals surface area contributed by atoms with E-state index in [1.165, 1.54) is 12.1 Å². The molecule has 0 aromatic heterocycles. The standard InChI is InChI=1S/C10H11FN2O2/c11-6-1-2-9(12)8(3-6)10(14)13-7-4-15-5-7/h1-3,7H,4-5,12H2,(H,13,14). The van der Waals surface area contributed by atoms with Crippen molar-refractivity contribution < 1.29 is 13.9 Å². The zero-order valence-corrected chi connectivity index (χ0v) is 8.00. The summed E-state index contributed by atoms with van der Waals surface area (Å²) in [6.45, 7) is 1.00. The van der Waals surface area contributed by atoms with Crippen LogP contribution in [-0.2, 0) is 4.74 Å². The maximum atomic E-state index is 12.9. The lowest BCUT2D eigenvalue weighted by molar-refractivity contribution is -0.00345. The van der Waals surface area contributed by atoms with Crippen LogP contribution in [0.1, 0.15) is 10.4 Å². The highest BCUT2D eigenvalue weighted by atomic mass is 19.1. The van der Waals surface area contributed by atoms with Gasteiger partial charge in [-0.25, -0.2) is 4.39 Å². The fraction of sp³-hybridized carbons (Fsp3) is 0.300. The minimum absolute atomic E-state index is 0.0140. The van der Waals surface area contributed by atoms with Crippen molar-refractivity contribution in [1.29, 1.82) is 0 Å². The zero-order valence-electron chi connectivity index (χ0n) is 8.00. The van der Waals surface area contributed by atoms with Crippen LogP contribution in [0.15, 0.2) is 18.2 Å². The molecule has 2 rings (SSSR count). The lowest BCUT2D eigenvalue weighted by Crippen LogP contribution is -2.48. The summed E-state index contributed by atoms with van der Waals surface area (Å²) in [5, 5.41) is 2.69. The highest BCUT2D eigenvalue weighted by Gasteiger charge is 2.22. The van der Waals surface area contributed by atoms with E-state index in [0.717, 1.165) is 6.07 Å². The molecule has 0 spiro atoms. The smallest absolute Gasteiger partial charge is 0.253 e. The fourth-order valence-corrected chi connectivity index (χ4v) is 1.31. The number of hydrogen-bond donors (Lipinski definition) is 2. The van der Waals surface area contributed by atoms with E-state index in [2.05, 4.69) is 5.32 Å². The quantitative estimate of drug-likeness (QED) is 0.700. The van der Waals surface area contributed by atoms with Gasteiger partial charge in [0.05, 0.1) is 24.8 Å². The first-order valence-corrected chi connectivity index (χ1v) is 4.60. The topological polar surface area (TPSA) is 64.4 Å². The molecule has 80 valence electrons. The molecule has 0 bridgehead atoms. The molecule has 1 aromatic rings. The van der Waals surface area contributed by atoms with Gasteiger partial charge in [0, 0.05) is 5.69 Å². The number of anilines is 1. The van der Waals surface area contributed by atoms with Gasteiger partial charge in [0.2, 0.25) is 0 Å². The van der Waals surface area contributed by atoms with E-state index in [-0.39, 0.29) is 23.2 Å². The van der Waals surface area contributed by atoms with Gasteiger partial charge in [-0.15, -0.1) is 0 Å². The van der Waals surface area contributed by atoms with Gasteiger partial charge >= 0.3 is 0 Å². The Morgan fingerprint density at radius 3 is 2.87 bits per heavy atom. The molecular weight excluding hydrogens is 199 g/mol. The molecule has 1 aliphatic heterocycles. The average molecular weight is 210 g/mol. The van der Waals surface area contributed by atoms with Crippen LogP contribution >= 0.6 is 0 Å². The molecule has 4 nitrogen and oxygen atoms in total. The molecule has 1 aromatic carbocycles. The molecule has 1 saturated heterocycles. The normalized spacial score (nSPS) is 15.8. The molecule has 1 amide bonds. The summed E-state index contributed by atoms with van der Waals surface area (Å²) >= 11 is 0. The number of halogens is 1. The van der Waals surface area contributed by atoms with Crippen LogP contribution in [0.3, 0.4) is 0 Å². The first-order valence-electron chi connectivity index (χ1n) is 4.60. The van der Waals surface area contributed by atoms with Crippen molar-refractivity contribution in [1.82, 2.24) is 5.32 Å². The molecule has 0 saturated carbocycles. The number of ether oxygens (including phenoxy) is 1. The van der Waals surface area contributed by atoms with Crippen molar-refractivity contribution in [2.45, 2.75) is 6.04 Å². The number of nitrogen functional groups attached to an aromatic ring is 1. The Labute approximate surface area is 86.2 Å². The molecule has 1 fully saturated rings. The zero-order chi connectivity index (χ0) is 10.8. The maximum absolute atomic E-state index is 12.9. The van der Waals surface area contributed by atoms with Gasteiger partial charge in [0.1, 0.15) is 5.82 Å². The Balaban J connectivity index is 2.12. The van der Waals surface area contributed by atoms with Crippen molar-refractivity contribution in [3.63, 3.8) is 0 Å². The third-order valence-corrected chi connectivity index (χ3v) is 2.23. The van der Waals surface area contributed by atoms with Crippen LogP contribution in [0.4, 0.5) is 10.1 Å². The Morgan fingerprint density at radius 2 is 2.27 bits per heavy atom. The van der Waals surface area contributed by atoms with Crippen LogP contribution in [0.5, 0.6) is 0 Å². The second kappa shape index (κ2) is 3.86. The maximum Gasteiger partial charge on any atom is 0.253 e. The summed E-state index contributed by atoms with van der Waals surface area (Å²) in [5.74, 6) is -0.834. The second-order valence-corrected chi connectivity index (χ2v) is 3.44. The summed E-state index contributed by atoms with van der Waals surface area (Å²) in [5.41, 5.74) is 6.01. The lowest BCUT2D eigenvalue weighted by atomic mass is 10.1. The molecule has 15 heavy (non-hydrogen) atoms. The SMILES string of the molecule is Nc1ccc(F)cc1C(=O)NC1COC1. The van der Waals surface area contributed by atoms with Gasteiger partial charge in [-0.2, -0.15) is 0 Å². The second-order valence-electron chi connectivity index (χ2n) is 3.44. The lowest BCUT2D eigenvalue weighted by Gasteiger charge is -2.26. The van der Waals surface area contributed by atoms with Crippen LogP contribution in [0.25, 0.3) is 0 Å². The van der Waals surface area contributed by atoms with Crippen molar-refractivity contribution in [2.24, 2.45) is 0 Å². The molecule has 1 heterocycles. The first kappa shape index (κ1) is 9.92. The highest BCUT2D eigenvalue weighted by Crippen LogP contribution is 2.14. The monoisotopic (exact) mass is 210 g/mol. The van der Waals surface area contributed by atoms with Crippen LogP contribution in [0.2, 0.25) is 0 Å². The summed E-state index contributed by atoms with van der Waals surface area (Å²) in [4.78, 5) is 11.6. The van der Waals surface area contributed by atoms with E-state index in [1.807, 2.05) is 0 Å². The number of hydrogen-bond acceptors (Lipinski definition) is 3. The molecular formula is C10H11FN2O2. The Bertz CT molecular complexity index is 391. The average Bonchev–Trinajstić information content (AvgIpc) is 2.15. The van der Waals surface area contributed by atoms with Crippen molar-refractivity contribution in [2.75, 3.05) is 18.9 Å². The van der Waals surface area contributed by atoms with E-state index >= 15 is 0 Å². The molecule has 0 atom stereocenters.